The predicted molar refractivity (Wildman–Crippen MR) is 222 cm³/mol. The molecule has 4 aliphatic rings. The summed E-state index contributed by atoms with van der Waals surface area (Å²) in [5.41, 5.74) is 4.64. The molecule has 4 aromatic carbocycles. The van der Waals surface area contributed by atoms with Gasteiger partial charge in [-0.1, -0.05) is 30.3 Å². The molecule has 4 N–H and O–H groups in total. The van der Waals surface area contributed by atoms with Gasteiger partial charge in [0.2, 0.25) is 17.7 Å². The number of ether oxygens (including phenoxy) is 4. The zero-order chi connectivity index (χ0) is 42.6. The number of phenols is 2. The number of imide groups is 2. The van der Waals surface area contributed by atoms with Crippen LogP contribution in [0, 0.1) is 11.8 Å². The van der Waals surface area contributed by atoms with E-state index < -0.39 is 35.8 Å². The molecule has 61 heavy (non-hydrogen) atoms. The van der Waals surface area contributed by atoms with Gasteiger partial charge in [0.1, 0.15) is 47.5 Å². The zero-order valence-corrected chi connectivity index (χ0v) is 33.7. The lowest BCUT2D eigenvalue weighted by Gasteiger charge is -2.35. The molecule has 14 heteroatoms. The lowest BCUT2D eigenvalue weighted by atomic mass is 9.72. The molecule has 2 fully saturated rings. The number of carbonyl (C=O) groups is 5. The first kappa shape index (κ1) is 41.1. The Bertz CT molecular complexity index is 2390. The maximum absolute atomic E-state index is 13.2. The molecule has 316 valence electrons. The first-order valence-corrected chi connectivity index (χ1v) is 20.6. The standard InChI is InChI=1S/C47H47N3O11/c1-27-36-26-33(52)10-14-38(36)61-44(42(27)31-4-2-5-32(51)25-31)30-8-11-34(12-9-30)59-18-16-28-22-29(23-28)24-41(54)48-17-19-58-20-21-60-39-7-3-6-35-43(39)47(57)50(46(35)56)37-13-15-40(53)49-45(37)55/h2-12,14,25-26,28-29,37,44,51-52H,13,15-24H2,1H3,(H,48,54)(H,49,53,55)/t28?,29?,37?,44-/m0/s1. The van der Waals surface area contributed by atoms with Crippen molar-refractivity contribution >= 4 is 40.7 Å². The number of piperidine rings is 1. The van der Waals surface area contributed by atoms with E-state index in [1.165, 1.54) is 6.07 Å². The fourth-order valence-corrected chi connectivity index (χ4v) is 8.59. The van der Waals surface area contributed by atoms with Gasteiger partial charge in [0.05, 0.1) is 30.9 Å². The first-order valence-electron chi connectivity index (χ1n) is 20.6. The van der Waals surface area contributed by atoms with E-state index in [0.717, 1.165) is 57.7 Å². The molecule has 14 nitrogen and oxygen atoms in total. The third-order valence-corrected chi connectivity index (χ3v) is 11.7. The molecular formula is C47H47N3O11. The van der Waals surface area contributed by atoms with Gasteiger partial charge < -0.3 is 34.5 Å². The Morgan fingerprint density at radius 3 is 2.41 bits per heavy atom. The highest BCUT2D eigenvalue weighted by molar-refractivity contribution is 6.24. The van der Waals surface area contributed by atoms with E-state index in [1.54, 1.807) is 48.5 Å². The summed E-state index contributed by atoms with van der Waals surface area (Å²) < 4.78 is 24.0. The van der Waals surface area contributed by atoms with Crippen molar-refractivity contribution in [3.63, 3.8) is 0 Å². The summed E-state index contributed by atoms with van der Waals surface area (Å²) in [6.07, 6.45) is 2.95. The topological polar surface area (TPSA) is 190 Å². The van der Waals surface area contributed by atoms with Crippen molar-refractivity contribution in [3.8, 4) is 28.7 Å². The number of benzene rings is 4. The van der Waals surface area contributed by atoms with Crippen molar-refractivity contribution in [2.75, 3.05) is 33.0 Å². The highest BCUT2D eigenvalue weighted by Gasteiger charge is 2.46. The van der Waals surface area contributed by atoms with Gasteiger partial charge in [0.25, 0.3) is 11.8 Å². The number of nitrogens with one attached hydrogen (secondary N) is 2. The van der Waals surface area contributed by atoms with Crippen molar-refractivity contribution < 1.29 is 53.1 Å². The largest absolute Gasteiger partial charge is 0.508 e. The Morgan fingerprint density at radius 2 is 1.62 bits per heavy atom. The predicted octanol–water partition coefficient (Wildman–Crippen LogP) is 5.96. The highest BCUT2D eigenvalue weighted by atomic mass is 16.5. The summed E-state index contributed by atoms with van der Waals surface area (Å²) in [5, 5.41) is 25.5. The minimum Gasteiger partial charge on any atom is -0.508 e. The van der Waals surface area contributed by atoms with E-state index in [0.29, 0.717) is 37.2 Å². The quantitative estimate of drug-likeness (QED) is 0.0771. The molecule has 4 aromatic rings. The molecule has 1 unspecified atom stereocenters. The van der Waals surface area contributed by atoms with Gasteiger partial charge >= 0.3 is 0 Å². The van der Waals surface area contributed by atoms with Crippen LogP contribution in [0.1, 0.15) is 89.0 Å². The van der Waals surface area contributed by atoms with Crippen LogP contribution >= 0.6 is 0 Å². The number of nitrogens with zero attached hydrogens (tertiary/aromatic N) is 1. The number of fused-ring (bicyclic) bond motifs is 2. The molecule has 8 rings (SSSR count). The number of amides is 5. The van der Waals surface area contributed by atoms with Crippen molar-refractivity contribution in [1.82, 2.24) is 15.5 Å². The summed E-state index contributed by atoms with van der Waals surface area (Å²) in [4.78, 5) is 63.6. The summed E-state index contributed by atoms with van der Waals surface area (Å²) in [6, 6.07) is 23.6. The second-order valence-corrected chi connectivity index (χ2v) is 15.8. The second kappa shape index (κ2) is 17.9. The van der Waals surface area contributed by atoms with Crippen molar-refractivity contribution in [2.24, 2.45) is 11.8 Å². The van der Waals surface area contributed by atoms with E-state index >= 15 is 0 Å². The Labute approximate surface area is 352 Å². The van der Waals surface area contributed by atoms with Crippen LogP contribution in [0.15, 0.2) is 84.9 Å². The number of carbonyl (C=O) groups excluding carboxylic acids is 5. The second-order valence-electron chi connectivity index (χ2n) is 15.8. The molecule has 0 aromatic heterocycles. The van der Waals surface area contributed by atoms with E-state index in [4.69, 9.17) is 18.9 Å². The lowest BCUT2D eigenvalue weighted by molar-refractivity contribution is -0.136. The van der Waals surface area contributed by atoms with E-state index in [9.17, 15) is 34.2 Å². The van der Waals surface area contributed by atoms with E-state index in [1.807, 2.05) is 37.3 Å². The van der Waals surface area contributed by atoms with Gasteiger partial charge in [-0.05, 0) is 116 Å². The van der Waals surface area contributed by atoms with Gasteiger partial charge in [-0.15, -0.1) is 0 Å². The molecule has 3 aliphatic heterocycles. The minimum atomic E-state index is -1.06. The van der Waals surface area contributed by atoms with Gasteiger partial charge in [0, 0.05) is 30.5 Å². The van der Waals surface area contributed by atoms with Crippen molar-refractivity contribution in [2.45, 2.75) is 57.6 Å². The van der Waals surface area contributed by atoms with Gasteiger partial charge in [-0.2, -0.15) is 0 Å². The highest BCUT2D eigenvalue weighted by Crippen LogP contribution is 2.48. The lowest BCUT2D eigenvalue weighted by Crippen LogP contribution is -2.54. The Kier molecular flexibility index (Phi) is 12.1. The minimum absolute atomic E-state index is 0.0240. The fourth-order valence-electron chi connectivity index (χ4n) is 8.59. The Balaban J connectivity index is 0.716. The monoisotopic (exact) mass is 829 g/mol. The van der Waals surface area contributed by atoms with Crippen LogP contribution in [0.25, 0.3) is 11.1 Å². The number of hydrogen-bond acceptors (Lipinski definition) is 11. The third kappa shape index (κ3) is 8.95. The maximum atomic E-state index is 13.2. The fraction of sp³-hybridized carbons (Fsp3) is 0.340. The summed E-state index contributed by atoms with van der Waals surface area (Å²) in [6.45, 7) is 3.46. The molecule has 0 spiro atoms. The maximum Gasteiger partial charge on any atom is 0.266 e. The molecule has 1 aliphatic carbocycles. The normalized spacial score (nSPS) is 20.6. The Morgan fingerprint density at radius 1 is 0.836 bits per heavy atom. The van der Waals surface area contributed by atoms with Gasteiger partial charge in [0.15, 0.2) is 0 Å². The smallest absolute Gasteiger partial charge is 0.266 e. The third-order valence-electron chi connectivity index (χ3n) is 11.7. The molecule has 1 saturated carbocycles. The number of aromatic hydroxyl groups is 2. The summed E-state index contributed by atoms with van der Waals surface area (Å²) >= 11 is 0. The van der Waals surface area contributed by atoms with E-state index in [-0.39, 0.29) is 66.9 Å². The SMILES string of the molecule is CC1=C(c2cccc(O)c2)[C@H](c2ccc(OCCC3CC(CC(=O)NCCOCCOc4cccc5c4C(=O)N(C4CCC(=O)NC4=O)C5=O)C3)cc2)Oc2ccc(O)cc21. The van der Waals surface area contributed by atoms with E-state index in [2.05, 4.69) is 10.6 Å². The van der Waals surface area contributed by atoms with Gasteiger partial charge in [-0.3, -0.25) is 34.2 Å². The zero-order valence-electron chi connectivity index (χ0n) is 33.7. The van der Waals surface area contributed by atoms with Crippen LogP contribution in [-0.2, 0) is 19.1 Å². The molecule has 2 atom stereocenters. The molecule has 0 radical (unpaired) electrons. The first-order chi connectivity index (χ1) is 29.5. The Hall–Kier alpha value is -6.67. The van der Waals surface area contributed by atoms with Crippen LogP contribution in [-0.4, -0.2) is 83.7 Å². The van der Waals surface area contributed by atoms with Crippen molar-refractivity contribution in [3.05, 3.63) is 113 Å². The van der Waals surface area contributed by atoms with Crippen LogP contribution in [0.4, 0.5) is 0 Å². The number of hydrogen-bond donors (Lipinski definition) is 4. The number of phenolic OH excluding ortho intramolecular Hbond substituents is 2. The van der Waals surface area contributed by atoms with Crippen LogP contribution < -0.4 is 24.8 Å². The van der Waals surface area contributed by atoms with Crippen LogP contribution in [0.5, 0.6) is 28.7 Å². The van der Waals surface area contributed by atoms with Crippen molar-refractivity contribution in [1.29, 1.82) is 0 Å². The van der Waals surface area contributed by atoms with Crippen LogP contribution in [0.2, 0.25) is 0 Å². The van der Waals surface area contributed by atoms with Gasteiger partial charge in [-0.25, -0.2) is 0 Å². The number of rotatable bonds is 16. The molecule has 0 bridgehead atoms. The molecule has 5 amide bonds. The average molecular weight is 830 g/mol. The number of allylic oxidation sites excluding steroid dienone is 1. The molecule has 3 heterocycles. The summed E-state index contributed by atoms with van der Waals surface area (Å²) in [7, 11) is 0. The molecule has 1 saturated heterocycles. The summed E-state index contributed by atoms with van der Waals surface area (Å²) in [5.74, 6) is 0.385. The average Bonchev–Trinajstić information content (AvgIpc) is 3.48. The van der Waals surface area contributed by atoms with Crippen LogP contribution in [0.3, 0.4) is 0 Å². The molecular weight excluding hydrogens is 783 g/mol.